The summed E-state index contributed by atoms with van der Waals surface area (Å²) in [5.74, 6) is -1.22. The standard InChI is InChI=1S/C27H44N4O5/c1-26(2,3)36-25(34)30(7)14-13-29(6)17-20-18-31(22-10-8-9-15-35-22)28-23(20)19-11-12-27(4,5)21(16-19)24(32)33/h11,18,21-22H,8-10,12-17H2,1-7H3,(H,32,33)/t21-,22?/m1/s1. The molecule has 1 N–H and O–H groups in total. The van der Waals surface area contributed by atoms with Crippen LogP contribution in [0.15, 0.2) is 12.3 Å². The largest absolute Gasteiger partial charge is 0.481 e. The summed E-state index contributed by atoms with van der Waals surface area (Å²) >= 11 is 0. The molecule has 1 aliphatic carbocycles. The summed E-state index contributed by atoms with van der Waals surface area (Å²) in [5, 5.41) is 14.8. The number of rotatable bonds is 8. The lowest BCUT2D eigenvalue weighted by atomic mass is 9.69. The van der Waals surface area contributed by atoms with Crippen LogP contribution in [0.5, 0.6) is 0 Å². The highest BCUT2D eigenvalue weighted by Gasteiger charge is 2.39. The second-order valence-electron chi connectivity index (χ2n) is 12.0. The molecule has 2 atom stereocenters. The Morgan fingerprint density at radius 2 is 1.97 bits per heavy atom. The minimum Gasteiger partial charge on any atom is -0.481 e. The summed E-state index contributed by atoms with van der Waals surface area (Å²) in [6, 6.07) is 0. The SMILES string of the molecule is CN(CCN(C)C(=O)OC(C)(C)C)Cc1cn(C2CCCCO2)nc1C1=CCC(C)(C)[C@@H](C(=O)O)C1. The van der Waals surface area contributed by atoms with Gasteiger partial charge in [0.05, 0.1) is 11.6 Å². The fourth-order valence-corrected chi connectivity index (χ4v) is 4.74. The molecule has 1 unspecified atom stereocenters. The number of carbonyl (C=O) groups is 2. The van der Waals surface area contributed by atoms with E-state index in [1.54, 1.807) is 11.9 Å². The molecule has 1 saturated heterocycles. The number of hydrogen-bond donors (Lipinski definition) is 1. The van der Waals surface area contributed by atoms with Crippen LogP contribution in [0.25, 0.3) is 5.57 Å². The number of amides is 1. The number of ether oxygens (including phenoxy) is 2. The Bertz CT molecular complexity index is 956. The van der Waals surface area contributed by atoms with Gasteiger partial charge in [0.1, 0.15) is 11.8 Å². The Balaban J connectivity index is 1.77. The van der Waals surface area contributed by atoms with Gasteiger partial charge in [-0.1, -0.05) is 19.9 Å². The molecule has 1 aromatic rings. The summed E-state index contributed by atoms with van der Waals surface area (Å²) in [7, 11) is 3.76. The van der Waals surface area contributed by atoms with Crippen LogP contribution in [-0.4, -0.2) is 76.1 Å². The molecule has 202 valence electrons. The molecule has 0 aromatic carbocycles. The Morgan fingerprint density at radius 1 is 1.25 bits per heavy atom. The van der Waals surface area contributed by atoms with E-state index in [1.165, 1.54) is 0 Å². The van der Waals surface area contributed by atoms with Crippen molar-refractivity contribution in [2.75, 3.05) is 33.8 Å². The van der Waals surface area contributed by atoms with E-state index < -0.39 is 17.5 Å². The summed E-state index contributed by atoms with van der Waals surface area (Å²) in [5.41, 5.74) is 2.07. The van der Waals surface area contributed by atoms with Crippen LogP contribution in [0.1, 0.15) is 84.2 Å². The molecule has 1 aliphatic heterocycles. The average molecular weight is 505 g/mol. The number of carbonyl (C=O) groups excluding carboxylic acids is 1. The van der Waals surface area contributed by atoms with Crippen LogP contribution in [0.2, 0.25) is 0 Å². The van der Waals surface area contributed by atoms with Crippen LogP contribution in [-0.2, 0) is 20.8 Å². The maximum absolute atomic E-state index is 12.3. The van der Waals surface area contributed by atoms with Gasteiger partial charge in [-0.25, -0.2) is 9.48 Å². The minimum absolute atomic E-state index is 0.0919. The number of likely N-dealkylation sites (N-methyl/N-ethyl adjacent to an activating group) is 2. The van der Waals surface area contributed by atoms with E-state index in [1.807, 2.05) is 46.3 Å². The number of aliphatic carboxylic acids is 1. The topological polar surface area (TPSA) is 97.1 Å². The third-order valence-electron chi connectivity index (χ3n) is 7.07. The van der Waals surface area contributed by atoms with Crippen molar-refractivity contribution in [3.8, 4) is 0 Å². The lowest BCUT2D eigenvalue weighted by Crippen LogP contribution is -2.38. The number of allylic oxidation sites excluding steroid dienone is 2. The highest BCUT2D eigenvalue weighted by atomic mass is 16.6. The van der Waals surface area contributed by atoms with Crippen molar-refractivity contribution in [3.05, 3.63) is 23.5 Å². The van der Waals surface area contributed by atoms with Crippen LogP contribution >= 0.6 is 0 Å². The lowest BCUT2D eigenvalue weighted by Gasteiger charge is -2.35. The first-order chi connectivity index (χ1) is 16.8. The monoisotopic (exact) mass is 504 g/mol. The number of carboxylic acids is 1. The van der Waals surface area contributed by atoms with Gasteiger partial charge >= 0.3 is 12.1 Å². The molecule has 2 heterocycles. The van der Waals surface area contributed by atoms with Crippen molar-refractivity contribution in [3.63, 3.8) is 0 Å². The van der Waals surface area contributed by atoms with E-state index in [-0.39, 0.29) is 17.7 Å². The predicted molar refractivity (Wildman–Crippen MR) is 138 cm³/mol. The molecule has 1 aromatic heterocycles. The van der Waals surface area contributed by atoms with Gasteiger partial charge in [0.25, 0.3) is 0 Å². The zero-order chi connectivity index (χ0) is 26.7. The smallest absolute Gasteiger partial charge is 0.410 e. The Labute approximate surface area is 215 Å². The van der Waals surface area contributed by atoms with E-state index in [0.29, 0.717) is 32.5 Å². The van der Waals surface area contributed by atoms with Gasteiger partial charge < -0.3 is 24.4 Å². The molecule has 9 heteroatoms. The van der Waals surface area contributed by atoms with Crippen molar-refractivity contribution < 1.29 is 24.2 Å². The normalized spacial score (nSPS) is 22.3. The Kier molecular flexibility index (Phi) is 8.88. The molecule has 0 radical (unpaired) electrons. The van der Waals surface area contributed by atoms with Crippen LogP contribution in [0.3, 0.4) is 0 Å². The highest BCUT2D eigenvalue weighted by molar-refractivity contribution is 5.77. The van der Waals surface area contributed by atoms with E-state index in [4.69, 9.17) is 14.6 Å². The minimum atomic E-state index is -0.760. The van der Waals surface area contributed by atoms with Crippen molar-refractivity contribution in [2.45, 2.75) is 85.1 Å². The molecular weight excluding hydrogens is 460 g/mol. The zero-order valence-electron chi connectivity index (χ0n) is 23.0. The van der Waals surface area contributed by atoms with E-state index in [0.717, 1.165) is 42.7 Å². The highest BCUT2D eigenvalue weighted by Crippen LogP contribution is 2.43. The second kappa shape index (κ2) is 11.3. The van der Waals surface area contributed by atoms with Crippen molar-refractivity contribution in [1.82, 2.24) is 19.6 Å². The fourth-order valence-electron chi connectivity index (χ4n) is 4.74. The first-order valence-electron chi connectivity index (χ1n) is 13.0. The Morgan fingerprint density at radius 3 is 2.58 bits per heavy atom. The van der Waals surface area contributed by atoms with Crippen molar-refractivity contribution in [1.29, 1.82) is 0 Å². The molecule has 36 heavy (non-hydrogen) atoms. The molecule has 1 amide bonds. The van der Waals surface area contributed by atoms with Gasteiger partial charge in [0.15, 0.2) is 0 Å². The van der Waals surface area contributed by atoms with Gasteiger partial charge in [-0.15, -0.1) is 0 Å². The molecule has 0 spiro atoms. The maximum atomic E-state index is 12.3. The summed E-state index contributed by atoms with van der Waals surface area (Å²) in [6.07, 6.45) is 8.02. The van der Waals surface area contributed by atoms with Gasteiger partial charge in [-0.3, -0.25) is 4.79 Å². The van der Waals surface area contributed by atoms with Crippen molar-refractivity contribution in [2.24, 2.45) is 11.3 Å². The molecule has 2 aliphatic rings. The summed E-state index contributed by atoms with van der Waals surface area (Å²) in [4.78, 5) is 28.1. The average Bonchev–Trinajstić information content (AvgIpc) is 3.20. The molecule has 3 rings (SSSR count). The maximum Gasteiger partial charge on any atom is 0.410 e. The second-order valence-corrected chi connectivity index (χ2v) is 12.0. The van der Waals surface area contributed by atoms with Crippen LogP contribution in [0.4, 0.5) is 4.79 Å². The van der Waals surface area contributed by atoms with Crippen LogP contribution < -0.4 is 0 Å². The molecular formula is C27H44N4O5. The summed E-state index contributed by atoms with van der Waals surface area (Å²) in [6.45, 7) is 12.1. The third kappa shape index (κ3) is 7.32. The first kappa shape index (κ1) is 28.2. The van der Waals surface area contributed by atoms with E-state index >= 15 is 0 Å². The molecule has 0 bridgehead atoms. The van der Waals surface area contributed by atoms with Gasteiger partial charge in [0, 0.05) is 45.0 Å². The lowest BCUT2D eigenvalue weighted by molar-refractivity contribution is -0.145. The number of carboxylic acid groups (broad SMARTS) is 1. The first-order valence-corrected chi connectivity index (χ1v) is 13.0. The van der Waals surface area contributed by atoms with Crippen molar-refractivity contribution >= 4 is 17.6 Å². The van der Waals surface area contributed by atoms with Gasteiger partial charge in [-0.05, 0) is 70.9 Å². The number of nitrogens with zero attached hydrogens (tertiary/aromatic N) is 4. The molecule has 1 fully saturated rings. The fraction of sp³-hybridized carbons (Fsp3) is 0.741. The van der Waals surface area contributed by atoms with E-state index in [9.17, 15) is 14.7 Å². The predicted octanol–water partition coefficient (Wildman–Crippen LogP) is 4.79. The van der Waals surface area contributed by atoms with Crippen LogP contribution in [0, 0.1) is 11.3 Å². The third-order valence-corrected chi connectivity index (χ3v) is 7.07. The zero-order valence-corrected chi connectivity index (χ0v) is 23.0. The van der Waals surface area contributed by atoms with Gasteiger partial charge in [-0.2, -0.15) is 5.10 Å². The number of hydrogen-bond acceptors (Lipinski definition) is 6. The molecule has 0 saturated carbocycles. The quantitative estimate of drug-likeness (QED) is 0.544. The molecule has 9 nitrogen and oxygen atoms in total. The summed E-state index contributed by atoms with van der Waals surface area (Å²) < 4.78 is 13.3. The van der Waals surface area contributed by atoms with Gasteiger partial charge in [0.2, 0.25) is 0 Å². The van der Waals surface area contributed by atoms with E-state index in [2.05, 4.69) is 17.2 Å². The number of aromatic nitrogens is 2. The Hall–Kier alpha value is -2.39.